The molecule has 23 heavy (non-hydrogen) atoms. The third kappa shape index (κ3) is 4.67. The van der Waals surface area contributed by atoms with Crippen molar-refractivity contribution in [2.45, 2.75) is 13.3 Å². The standard InChI is InChI=1S/C17H16Cl2N2OS/c1-2-10-21(15-9-8-13(18)11-14(15)19)17(23)20-16(22)12-6-4-3-5-7-12/h3-9,11H,2,10H2,1H3,(H,20,22,23). The van der Waals surface area contributed by atoms with Gasteiger partial charge in [0, 0.05) is 17.1 Å². The van der Waals surface area contributed by atoms with Crippen LogP contribution in [0.4, 0.5) is 5.69 Å². The molecule has 0 aromatic heterocycles. The molecule has 0 saturated carbocycles. The number of rotatable bonds is 4. The topological polar surface area (TPSA) is 32.3 Å². The highest BCUT2D eigenvalue weighted by molar-refractivity contribution is 7.80. The summed E-state index contributed by atoms with van der Waals surface area (Å²) in [7, 11) is 0. The summed E-state index contributed by atoms with van der Waals surface area (Å²) in [5, 5.41) is 4.10. The van der Waals surface area contributed by atoms with E-state index >= 15 is 0 Å². The highest BCUT2D eigenvalue weighted by Gasteiger charge is 2.17. The van der Waals surface area contributed by atoms with Crippen molar-refractivity contribution >= 4 is 52.1 Å². The van der Waals surface area contributed by atoms with Gasteiger partial charge in [0.1, 0.15) is 0 Å². The van der Waals surface area contributed by atoms with Crippen LogP contribution in [0.3, 0.4) is 0 Å². The Morgan fingerprint density at radius 1 is 1.17 bits per heavy atom. The number of amides is 1. The fourth-order valence-corrected chi connectivity index (χ4v) is 2.87. The Hall–Kier alpha value is -1.62. The Bertz CT molecular complexity index is 707. The third-order valence-corrected chi connectivity index (χ3v) is 4.01. The molecule has 120 valence electrons. The highest BCUT2D eigenvalue weighted by Crippen LogP contribution is 2.29. The lowest BCUT2D eigenvalue weighted by atomic mass is 10.2. The first kappa shape index (κ1) is 17.7. The fourth-order valence-electron chi connectivity index (χ4n) is 2.08. The summed E-state index contributed by atoms with van der Waals surface area (Å²) < 4.78 is 0. The van der Waals surface area contributed by atoms with Crippen LogP contribution in [0.5, 0.6) is 0 Å². The molecule has 0 aliphatic heterocycles. The summed E-state index contributed by atoms with van der Waals surface area (Å²) in [5.74, 6) is -0.248. The summed E-state index contributed by atoms with van der Waals surface area (Å²) in [4.78, 5) is 14.1. The highest BCUT2D eigenvalue weighted by atomic mass is 35.5. The van der Waals surface area contributed by atoms with E-state index in [1.165, 1.54) is 0 Å². The number of carbonyl (C=O) groups excluding carboxylic acids is 1. The van der Waals surface area contributed by atoms with Crippen LogP contribution >= 0.6 is 35.4 Å². The smallest absolute Gasteiger partial charge is 0.257 e. The van der Waals surface area contributed by atoms with Crippen LogP contribution in [0, 0.1) is 0 Å². The molecular weight excluding hydrogens is 351 g/mol. The van der Waals surface area contributed by atoms with E-state index in [1.54, 1.807) is 47.4 Å². The van der Waals surface area contributed by atoms with E-state index in [9.17, 15) is 4.79 Å². The molecule has 2 aromatic rings. The van der Waals surface area contributed by atoms with Gasteiger partial charge in [-0.15, -0.1) is 0 Å². The minimum Gasteiger partial charge on any atom is -0.317 e. The number of benzene rings is 2. The number of nitrogens with one attached hydrogen (secondary N) is 1. The second-order valence-corrected chi connectivity index (χ2v) is 6.10. The Morgan fingerprint density at radius 2 is 1.87 bits per heavy atom. The first-order valence-corrected chi connectivity index (χ1v) is 8.32. The van der Waals surface area contributed by atoms with Crippen LogP contribution in [0.25, 0.3) is 0 Å². The van der Waals surface area contributed by atoms with Crippen LogP contribution in [0.2, 0.25) is 10.0 Å². The second kappa shape index (κ2) is 8.29. The van der Waals surface area contributed by atoms with Gasteiger partial charge in [0.2, 0.25) is 0 Å². The van der Waals surface area contributed by atoms with Gasteiger partial charge in [0.25, 0.3) is 5.91 Å². The van der Waals surface area contributed by atoms with Crippen LogP contribution < -0.4 is 10.2 Å². The first-order chi connectivity index (χ1) is 11.0. The molecule has 0 atom stereocenters. The van der Waals surface area contributed by atoms with Crippen molar-refractivity contribution in [2.24, 2.45) is 0 Å². The minimum atomic E-state index is -0.248. The molecule has 6 heteroatoms. The maximum Gasteiger partial charge on any atom is 0.257 e. The Labute approximate surface area is 151 Å². The molecular formula is C17H16Cl2N2OS. The summed E-state index contributed by atoms with van der Waals surface area (Å²) in [6.45, 7) is 2.66. The van der Waals surface area contributed by atoms with E-state index in [0.717, 1.165) is 12.1 Å². The number of halogens is 2. The van der Waals surface area contributed by atoms with Crippen molar-refractivity contribution < 1.29 is 4.79 Å². The number of hydrogen-bond acceptors (Lipinski definition) is 2. The molecule has 0 unspecified atom stereocenters. The SMILES string of the molecule is CCCN(C(=S)NC(=O)c1ccccc1)c1ccc(Cl)cc1Cl. The number of hydrogen-bond donors (Lipinski definition) is 1. The normalized spacial score (nSPS) is 10.2. The first-order valence-electron chi connectivity index (χ1n) is 7.16. The van der Waals surface area contributed by atoms with Gasteiger partial charge in [-0.1, -0.05) is 48.3 Å². The lowest BCUT2D eigenvalue weighted by Crippen LogP contribution is -2.43. The van der Waals surface area contributed by atoms with E-state index in [1.807, 2.05) is 13.0 Å². The predicted molar refractivity (Wildman–Crippen MR) is 101 cm³/mol. The van der Waals surface area contributed by atoms with Gasteiger partial charge in [-0.2, -0.15) is 0 Å². The van der Waals surface area contributed by atoms with Crippen molar-refractivity contribution in [3.8, 4) is 0 Å². The van der Waals surface area contributed by atoms with Gasteiger partial charge in [0.15, 0.2) is 5.11 Å². The van der Waals surface area contributed by atoms with Gasteiger partial charge >= 0.3 is 0 Å². The van der Waals surface area contributed by atoms with Crippen molar-refractivity contribution in [3.05, 3.63) is 64.1 Å². The molecule has 0 radical (unpaired) electrons. The maximum absolute atomic E-state index is 12.3. The summed E-state index contributed by atoms with van der Waals surface area (Å²) in [6.07, 6.45) is 0.848. The lowest BCUT2D eigenvalue weighted by molar-refractivity contribution is 0.0977. The van der Waals surface area contributed by atoms with Crippen molar-refractivity contribution in [1.29, 1.82) is 0 Å². The third-order valence-electron chi connectivity index (χ3n) is 3.15. The molecule has 0 heterocycles. The molecule has 0 spiro atoms. The number of anilines is 1. The van der Waals surface area contributed by atoms with Gasteiger partial charge in [-0.05, 0) is 49.0 Å². The van der Waals surface area contributed by atoms with Crippen LogP contribution in [-0.4, -0.2) is 17.6 Å². The van der Waals surface area contributed by atoms with E-state index in [0.29, 0.717) is 27.3 Å². The summed E-state index contributed by atoms with van der Waals surface area (Å²) >= 11 is 17.6. The van der Waals surface area contributed by atoms with Crippen molar-refractivity contribution in [1.82, 2.24) is 5.32 Å². The van der Waals surface area contributed by atoms with Crippen LogP contribution in [-0.2, 0) is 0 Å². The molecule has 0 bridgehead atoms. The summed E-state index contributed by atoms with van der Waals surface area (Å²) in [6, 6.07) is 14.1. The van der Waals surface area contributed by atoms with E-state index in [4.69, 9.17) is 35.4 Å². The van der Waals surface area contributed by atoms with E-state index < -0.39 is 0 Å². The predicted octanol–water partition coefficient (Wildman–Crippen LogP) is 4.92. The Kier molecular flexibility index (Phi) is 6.39. The van der Waals surface area contributed by atoms with Gasteiger partial charge in [-0.3, -0.25) is 10.1 Å². The average Bonchev–Trinajstić information content (AvgIpc) is 2.54. The van der Waals surface area contributed by atoms with Gasteiger partial charge in [-0.25, -0.2) is 0 Å². The molecule has 1 N–H and O–H groups in total. The zero-order valence-electron chi connectivity index (χ0n) is 12.6. The van der Waals surface area contributed by atoms with Crippen LogP contribution in [0.15, 0.2) is 48.5 Å². The van der Waals surface area contributed by atoms with Crippen molar-refractivity contribution in [2.75, 3.05) is 11.4 Å². The van der Waals surface area contributed by atoms with E-state index in [-0.39, 0.29) is 5.91 Å². The van der Waals surface area contributed by atoms with Crippen molar-refractivity contribution in [3.63, 3.8) is 0 Å². The zero-order chi connectivity index (χ0) is 16.8. The van der Waals surface area contributed by atoms with E-state index in [2.05, 4.69) is 5.32 Å². The fraction of sp³-hybridized carbons (Fsp3) is 0.176. The van der Waals surface area contributed by atoms with Gasteiger partial charge < -0.3 is 4.90 Å². The Morgan fingerprint density at radius 3 is 2.48 bits per heavy atom. The monoisotopic (exact) mass is 366 g/mol. The average molecular weight is 367 g/mol. The second-order valence-electron chi connectivity index (χ2n) is 4.87. The Balaban J connectivity index is 2.20. The number of carbonyl (C=O) groups is 1. The molecule has 0 aliphatic rings. The molecule has 0 fully saturated rings. The molecule has 2 rings (SSSR count). The lowest BCUT2D eigenvalue weighted by Gasteiger charge is -2.26. The molecule has 2 aromatic carbocycles. The largest absolute Gasteiger partial charge is 0.317 e. The minimum absolute atomic E-state index is 0.248. The molecule has 0 aliphatic carbocycles. The maximum atomic E-state index is 12.3. The molecule has 1 amide bonds. The number of thiocarbonyl (C=S) groups is 1. The van der Waals surface area contributed by atoms with Crippen LogP contribution in [0.1, 0.15) is 23.7 Å². The zero-order valence-corrected chi connectivity index (χ0v) is 14.9. The number of nitrogens with zero attached hydrogens (tertiary/aromatic N) is 1. The summed E-state index contributed by atoms with van der Waals surface area (Å²) in [5.41, 5.74) is 1.27. The molecule has 0 saturated heterocycles. The quantitative estimate of drug-likeness (QED) is 0.778. The van der Waals surface area contributed by atoms with Gasteiger partial charge in [0.05, 0.1) is 10.7 Å². The molecule has 3 nitrogen and oxygen atoms in total.